The predicted octanol–water partition coefficient (Wildman–Crippen LogP) is 7.12. The monoisotopic (exact) mass is 480 g/mol. The molecule has 4 heterocycles. The van der Waals surface area contributed by atoms with Crippen LogP contribution in [0.25, 0.3) is 43.2 Å². The molecule has 6 rings (SSSR count). The second-order valence-electron chi connectivity index (χ2n) is 7.78. The maximum absolute atomic E-state index is 5.23. The molecule has 2 aromatic carbocycles. The lowest BCUT2D eigenvalue weighted by atomic mass is 10.1. The fourth-order valence-electron chi connectivity index (χ4n) is 4.04. The lowest BCUT2D eigenvalue weighted by Crippen LogP contribution is -2.03. The van der Waals surface area contributed by atoms with Crippen molar-refractivity contribution in [3.63, 3.8) is 0 Å². The number of hydrogen-bond acceptors (Lipinski definition) is 8. The van der Waals surface area contributed by atoms with Crippen LogP contribution in [-0.2, 0) is 0 Å². The van der Waals surface area contributed by atoms with Crippen LogP contribution in [0.3, 0.4) is 0 Å². The van der Waals surface area contributed by atoms with Crippen LogP contribution in [0, 0.1) is 6.92 Å². The Hall–Kier alpha value is -3.88. The third kappa shape index (κ3) is 3.48. The minimum absolute atomic E-state index is 0.778. The molecule has 0 radical (unpaired) electrons. The minimum Gasteiger partial charge on any atom is -0.388 e. The Labute approximate surface area is 204 Å². The van der Waals surface area contributed by atoms with E-state index in [1.165, 1.54) is 0 Å². The first-order valence-corrected chi connectivity index (χ1v) is 12.6. The van der Waals surface area contributed by atoms with E-state index in [0.717, 1.165) is 65.8 Å². The van der Waals surface area contributed by atoms with Gasteiger partial charge in [-0.3, -0.25) is 9.97 Å². The van der Waals surface area contributed by atoms with Gasteiger partial charge in [0.25, 0.3) is 0 Å². The van der Waals surface area contributed by atoms with Crippen LogP contribution in [0.2, 0.25) is 0 Å². The lowest BCUT2D eigenvalue weighted by Gasteiger charge is -2.16. The van der Waals surface area contributed by atoms with E-state index in [1.54, 1.807) is 35.1 Å². The maximum atomic E-state index is 5.23. The Balaban J connectivity index is 1.67. The first kappa shape index (κ1) is 20.7. The number of thiophene rings is 2. The summed E-state index contributed by atoms with van der Waals surface area (Å²) < 4.78 is 0. The van der Waals surface area contributed by atoms with Gasteiger partial charge < -0.3 is 10.6 Å². The van der Waals surface area contributed by atoms with Gasteiger partial charge in [-0.05, 0) is 54.1 Å². The second-order valence-corrected chi connectivity index (χ2v) is 9.67. The fourth-order valence-corrected chi connectivity index (χ4v) is 5.47. The van der Waals surface area contributed by atoms with E-state index in [9.17, 15) is 0 Å². The molecule has 4 aromatic heterocycles. The number of fused-ring (bicyclic) bond motifs is 2. The summed E-state index contributed by atoms with van der Waals surface area (Å²) in [5.41, 5.74) is 8.74. The number of hydrogen-bond donors (Lipinski definition) is 2. The first-order chi connectivity index (χ1) is 16.7. The van der Waals surface area contributed by atoms with Gasteiger partial charge in [-0.2, -0.15) is 0 Å². The van der Waals surface area contributed by atoms with E-state index in [0.29, 0.717) is 0 Å². The van der Waals surface area contributed by atoms with Crippen molar-refractivity contribution in [2.45, 2.75) is 6.92 Å². The summed E-state index contributed by atoms with van der Waals surface area (Å²) in [4.78, 5) is 21.9. The number of aryl methyl sites for hydroxylation is 1. The molecule has 6 aromatic rings. The molecule has 0 spiro atoms. The molecular formula is C26H20N6S2. The summed E-state index contributed by atoms with van der Waals surface area (Å²) in [5, 5.41) is 10.9. The van der Waals surface area contributed by atoms with Crippen molar-refractivity contribution in [1.82, 2.24) is 19.9 Å². The zero-order valence-corrected chi connectivity index (χ0v) is 20.2. The summed E-state index contributed by atoms with van der Waals surface area (Å²) in [6.07, 6.45) is 3.44. The van der Waals surface area contributed by atoms with Gasteiger partial charge in [-0.25, -0.2) is 9.97 Å². The molecule has 0 bridgehead atoms. The molecule has 6 nitrogen and oxygen atoms in total. The molecule has 0 fully saturated rings. The molecule has 0 unspecified atom stereocenters. The van der Waals surface area contributed by atoms with E-state index in [-0.39, 0.29) is 0 Å². The molecular weight excluding hydrogens is 460 g/mol. The highest BCUT2D eigenvalue weighted by Gasteiger charge is 2.21. The van der Waals surface area contributed by atoms with Crippen LogP contribution in [0.15, 0.2) is 71.7 Å². The van der Waals surface area contributed by atoms with Crippen molar-refractivity contribution in [1.29, 1.82) is 0 Å². The Morgan fingerprint density at radius 2 is 1.26 bits per heavy atom. The highest BCUT2D eigenvalue weighted by Crippen LogP contribution is 2.40. The topological polar surface area (TPSA) is 75.6 Å². The highest BCUT2D eigenvalue weighted by molar-refractivity contribution is 7.14. The van der Waals surface area contributed by atoms with Gasteiger partial charge in [0, 0.05) is 36.4 Å². The number of nitrogens with zero attached hydrogens (tertiary/aromatic N) is 4. The number of aromatic nitrogens is 4. The van der Waals surface area contributed by atoms with E-state index in [2.05, 4.69) is 43.5 Å². The first-order valence-electron chi connectivity index (χ1n) is 10.8. The van der Waals surface area contributed by atoms with Crippen molar-refractivity contribution >= 4 is 61.8 Å². The van der Waals surface area contributed by atoms with Crippen LogP contribution in [0.5, 0.6) is 0 Å². The summed E-state index contributed by atoms with van der Waals surface area (Å²) in [5.74, 6) is 0. The number of benzene rings is 2. The molecule has 0 amide bonds. The average Bonchev–Trinajstić information content (AvgIpc) is 3.61. The molecule has 2 N–H and O–H groups in total. The fraction of sp³-hybridized carbons (Fsp3) is 0.0769. The van der Waals surface area contributed by atoms with Crippen molar-refractivity contribution in [2.75, 3.05) is 17.7 Å². The van der Waals surface area contributed by atoms with Crippen molar-refractivity contribution in [3.8, 4) is 21.1 Å². The quantitative estimate of drug-likeness (QED) is 0.256. The van der Waals surface area contributed by atoms with Crippen molar-refractivity contribution in [2.24, 2.45) is 0 Å². The zero-order chi connectivity index (χ0) is 23.1. The van der Waals surface area contributed by atoms with Gasteiger partial charge in [0.05, 0.1) is 26.5 Å². The maximum Gasteiger partial charge on any atom is 0.116 e. The molecule has 0 aliphatic carbocycles. The summed E-state index contributed by atoms with van der Waals surface area (Å²) in [6.45, 7) is 2.04. The molecule has 166 valence electrons. The number of anilines is 3. The lowest BCUT2D eigenvalue weighted by molar-refractivity contribution is 1.25. The zero-order valence-electron chi connectivity index (χ0n) is 18.5. The van der Waals surface area contributed by atoms with E-state index in [1.807, 2.05) is 50.4 Å². The molecule has 0 saturated heterocycles. The molecule has 0 aliphatic heterocycles. The Morgan fingerprint density at radius 3 is 1.85 bits per heavy atom. The Kier molecular flexibility index (Phi) is 5.16. The smallest absolute Gasteiger partial charge is 0.116 e. The molecule has 0 aliphatic rings. The van der Waals surface area contributed by atoms with Crippen LogP contribution in [0.1, 0.15) is 5.56 Å². The van der Waals surface area contributed by atoms with Gasteiger partial charge in [-0.1, -0.05) is 12.1 Å². The largest absolute Gasteiger partial charge is 0.388 e. The van der Waals surface area contributed by atoms with Gasteiger partial charge in [-0.15, -0.1) is 22.7 Å². The SMILES string of the molecule is CNc1ccc(Nc2c3nccnc3c(C)c3nc(-c4cccs4)c(-c4cccs4)nc23)cc1. The van der Waals surface area contributed by atoms with E-state index >= 15 is 0 Å². The Morgan fingerprint density at radius 1 is 0.676 bits per heavy atom. The van der Waals surface area contributed by atoms with Crippen molar-refractivity contribution in [3.05, 3.63) is 77.2 Å². The standard InChI is InChI=1S/C26H20N6S2/c1-15-20-24(29-12-11-28-20)26(30-17-9-7-16(27-2)8-10-17)25-21(15)31-22(18-5-3-13-33-18)23(32-25)19-6-4-14-34-19/h3-14,27,30H,1-2H3. The summed E-state index contributed by atoms with van der Waals surface area (Å²) in [6, 6.07) is 16.4. The van der Waals surface area contributed by atoms with Crippen molar-refractivity contribution < 1.29 is 0 Å². The van der Waals surface area contributed by atoms with E-state index in [4.69, 9.17) is 9.97 Å². The van der Waals surface area contributed by atoms with Gasteiger partial charge >= 0.3 is 0 Å². The van der Waals surface area contributed by atoms with E-state index < -0.39 is 0 Å². The molecule has 0 atom stereocenters. The normalized spacial score (nSPS) is 11.2. The van der Waals surface area contributed by atoms with Gasteiger partial charge in [0.15, 0.2) is 0 Å². The number of nitrogens with one attached hydrogen (secondary N) is 2. The molecule has 34 heavy (non-hydrogen) atoms. The summed E-state index contributed by atoms with van der Waals surface area (Å²) >= 11 is 3.33. The second kappa shape index (κ2) is 8.48. The Bertz CT molecular complexity index is 1610. The van der Waals surface area contributed by atoms with Crippen LogP contribution < -0.4 is 10.6 Å². The van der Waals surface area contributed by atoms with Crippen LogP contribution in [-0.4, -0.2) is 27.0 Å². The molecule has 8 heteroatoms. The van der Waals surface area contributed by atoms with Crippen LogP contribution in [0.4, 0.5) is 17.1 Å². The van der Waals surface area contributed by atoms with Crippen LogP contribution >= 0.6 is 22.7 Å². The number of rotatable bonds is 5. The third-order valence-electron chi connectivity index (χ3n) is 5.73. The highest BCUT2D eigenvalue weighted by atomic mass is 32.1. The third-order valence-corrected chi connectivity index (χ3v) is 7.48. The van der Waals surface area contributed by atoms with Gasteiger partial charge in [0.2, 0.25) is 0 Å². The minimum atomic E-state index is 0.778. The molecule has 0 saturated carbocycles. The van der Waals surface area contributed by atoms with Gasteiger partial charge in [0.1, 0.15) is 22.4 Å². The predicted molar refractivity (Wildman–Crippen MR) is 143 cm³/mol. The summed E-state index contributed by atoms with van der Waals surface area (Å²) in [7, 11) is 1.91. The average molecular weight is 481 g/mol.